The zero-order chi connectivity index (χ0) is 28.1. The van der Waals surface area contributed by atoms with Crippen molar-refractivity contribution in [3.63, 3.8) is 0 Å². The first kappa shape index (κ1) is 26.2. The number of amides is 2. The fraction of sp³-hybridized carbons (Fsp3) is 0.423. The van der Waals surface area contributed by atoms with Crippen LogP contribution in [-0.4, -0.2) is 70.2 Å². The van der Waals surface area contributed by atoms with Crippen LogP contribution >= 0.6 is 0 Å². The second kappa shape index (κ2) is 9.86. The van der Waals surface area contributed by atoms with Gasteiger partial charge in [0.1, 0.15) is 24.9 Å². The Hall–Kier alpha value is -4.04. The maximum absolute atomic E-state index is 13.6. The van der Waals surface area contributed by atoms with E-state index in [-0.39, 0.29) is 41.8 Å². The van der Waals surface area contributed by atoms with Crippen LogP contribution in [0.4, 0.5) is 35.3 Å². The summed E-state index contributed by atoms with van der Waals surface area (Å²) in [5, 5.41) is 2.78. The third kappa shape index (κ3) is 5.23. The molecule has 1 aromatic carbocycles. The highest BCUT2D eigenvalue weighted by Gasteiger charge is 2.41. The Morgan fingerprint density at radius 1 is 1.23 bits per heavy atom. The molecule has 5 heterocycles. The van der Waals surface area contributed by atoms with Crippen LogP contribution in [0.25, 0.3) is 11.4 Å². The summed E-state index contributed by atoms with van der Waals surface area (Å²) in [5.41, 5.74) is 0.0267. The normalized spacial score (nSPS) is 21.3. The molecular weight excluding hydrogens is 531 g/mol. The molecule has 1 N–H and O–H groups in total. The number of ether oxygens (including phenoxy) is 3. The van der Waals surface area contributed by atoms with Crippen LogP contribution in [0.1, 0.15) is 25.8 Å². The molecule has 2 atom stereocenters. The molecular formula is C26H26F3N7O4. The van der Waals surface area contributed by atoms with Crippen LogP contribution in [-0.2, 0) is 15.7 Å². The smallest absolute Gasteiger partial charge is 0.416 e. The molecule has 6 rings (SSSR count). The van der Waals surface area contributed by atoms with E-state index in [0.29, 0.717) is 37.6 Å². The predicted octanol–water partition coefficient (Wildman–Crippen LogP) is 4.11. The molecule has 14 heteroatoms. The molecule has 2 bridgehead atoms. The van der Waals surface area contributed by atoms with Crippen LogP contribution in [0.15, 0.2) is 42.9 Å². The molecule has 3 aliphatic rings. The van der Waals surface area contributed by atoms with E-state index < -0.39 is 23.6 Å². The number of nitrogens with zero attached hydrogens (tertiary/aromatic N) is 6. The summed E-state index contributed by atoms with van der Waals surface area (Å²) in [4.78, 5) is 34.2. The van der Waals surface area contributed by atoms with Crippen molar-refractivity contribution in [1.29, 1.82) is 0 Å². The molecule has 2 fully saturated rings. The number of carbonyl (C=O) groups excluding carboxylic acids is 1. The lowest BCUT2D eigenvalue weighted by molar-refractivity contribution is -0.141. The second-order valence-corrected chi connectivity index (χ2v) is 10.2. The summed E-state index contributed by atoms with van der Waals surface area (Å²) >= 11 is 0. The van der Waals surface area contributed by atoms with Crippen molar-refractivity contribution in [2.75, 3.05) is 41.4 Å². The van der Waals surface area contributed by atoms with Crippen LogP contribution in [0.2, 0.25) is 0 Å². The number of fused-ring (bicyclic) bond motifs is 4. The molecule has 0 saturated carbocycles. The number of anilines is 3. The van der Waals surface area contributed by atoms with Crippen LogP contribution in [0, 0.1) is 0 Å². The van der Waals surface area contributed by atoms with Gasteiger partial charge in [-0.2, -0.15) is 13.2 Å². The SMILES string of the molecule is CC1(C)OC[C@H](COc2cc(NC(=O)N3c4nc(-c5cccc(C(F)(F)F)c5)ncc4N4CC[C@H]3C4)ncn2)O1. The van der Waals surface area contributed by atoms with Crippen molar-refractivity contribution in [1.82, 2.24) is 19.9 Å². The highest BCUT2D eigenvalue weighted by molar-refractivity contribution is 6.04. The monoisotopic (exact) mass is 557 g/mol. The van der Waals surface area contributed by atoms with Gasteiger partial charge in [0.15, 0.2) is 17.4 Å². The lowest BCUT2D eigenvalue weighted by Gasteiger charge is -2.35. The molecule has 40 heavy (non-hydrogen) atoms. The van der Waals surface area contributed by atoms with Gasteiger partial charge in [-0.25, -0.2) is 24.7 Å². The fourth-order valence-electron chi connectivity index (χ4n) is 5.03. The largest absolute Gasteiger partial charge is 0.475 e. The van der Waals surface area contributed by atoms with E-state index in [9.17, 15) is 18.0 Å². The number of carbonyl (C=O) groups is 1. The minimum Gasteiger partial charge on any atom is -0.475 e. The van der Waals surface area contributed by atoms with Crippen LogP contribution in [0.3, 0.4) is 0 Å². The molecule has 0 radical (unpaired) electrons. The molecule has 2 amide bonds. The topological polar surface area (TPSA) is 115 Å². The fourth-order valence-corrected chi connectivity index (χ4v) is 5.03. The maximum Gasteiger partial charge on any atom is 0.416 e. The first-order valence-electron chi connectivity index (χ1n) is 12.7. The van der Waals surface area contributed by atoms with Crippen molar-refractivity contribution in [2.45, 2.75) is 44.4 Å². The Morgan fingerprint density at radius 2 is 2.08 bits per heavy atom. The third-order valence-corrected chi connectivity index (χ3v) is 6.88. The van der Waals surface area contributed by atoms with Gasteiger partial charge in [0.05, 0.1) is 30.1 Å². The Bertz CT molecular complexity index is 1440. The first-order chi connectivity index (χ1) is 19.1. The Kier molecular flexibility index (Phi) is 6.45. The molecule has 2 aromatic heterocycles. The van der Waals surface area contributed by atoms with E-state index >= 15 is 0 Å². The number of aromatic nitrogens is 4. The highest BCUT2D eigenvalue weighted by atomic mass is 19.4. The van der Waals surface area contributed by atoms with Crippen LogP contribution < -0.4 is 19.9 Å². The molecule has 210 valence electrons. The van der Waals surface area contributed by atoms with Crippen molar-refractivity contribution >= 4 is 23.4 Å². The van der Waals surface area contributed by atoms with Gasteiger partial charge < -0.3 is 19.1 Å². The maximum atomic E-state index is 13.6. The van der Waals surface area contributed by atoms with Gasteiger partial charge in [0.25, 0.3) is 0 Å². The van der Waals surface area contributed by atoms with Crippen molar-refractivity contribution in [3.05, 3.63) is 48.4 Å². The van der Waals surface area contributed by atoms with Gasteiger partial charge in [-0.1, -0.05) is 12.1 Å². The molecule has 0 spiro atoms. The second-order valence-electron chi connectivity index (χ2n) is 10.2. The third-order valence-electron chi connectivity index (χ3n) is 6.88. The first-order valence-corrected chi connectivity index (χ1v) is 12.7. The molecule has 0 aliphatic carbocycles. The lowest BCUT2D eigenvalue weighted by Crippen LogP contribution is -2.48. The minimum atomic E-state index is -4.50. The summed E-state index contributed by atoms with van der Waals surface area (Å²) in [5.74, 6) is 0.195. The van der Waals surface area contributed by atoms with Gasteiger partial charge >= 0.3 is 12.2 Å². The summed E-state index contributed by atoms with van der Waals surface area (Å²) in [7, 11) is 0. The van der Waals surface area contributed by atoms with Crippen molar-refractivity contribution in [3.8, 4) is 17.3 Å². The Morgan fingerprint density at radius 3 is 2.85 bits per heavy atom. The van der Waals surface area contributed by atoms with E-state index in [1.807, 2.05) is 13.8 Å². The number of hydrogen-bond donors (Lipinski definition) is 1. The summed E-state index contributed by atoms with van der Waals surface area (Å²) in [6.45, 7) is 5.52. The number of benzene rings is 1. The summed E-state index contributed by atoms with van der Waals surface area (Å²) in [6, 6.07) is 5.63. The van der Waals surface area contributed by atoms with Crippen molar-refractivity contribution in [2.24, 2.45) is 0 Å². The van der Waals surface area contributed by atoms with Gasteiger partial charge in [-0.05, 0) is 32.4 Å². The Balaban J connectivity index is 1.22. The minimum absolute atomic E-state index is 0.0872. The number of alkyl halides is 3. The average molecular weight is 558 g/mol. The zero-order valence-corrected chi connectivity index (χ0v) is 21.7. The lowest BCUT2D eigenvalue weighted by atomic mass is 10.1. The van der Waals surface area contributed by atoms with Crippen molar-refractivity contribution < 1.29 is 32.2 Å². The van der Waals surface area contributed by atoms with E-state index in [1.54, 1.807) is 6.20 Å². The highest BCUT2D eigenvalue weighted by Crippen LogP contribution is 2.40. The average Bonchev–Trinajstić information content (AvgIpc) is 3.50. The Labute approximate surface area is 227 Å². The number of halogens is 3. The molecule has 0 unspecified atom stereocenters. The molecule has 2 saturated heterocycles. The molecule has 11 nitrogen and oxygen atoms in total. The molecule has 3 aromatic rings. The van der Waals surface area contributed by atoms with Crippen LogP contribution in [0.5, 0.6) is 5.88 Å². The summed E-state index contributed by atoms with van der Waals surface area (Å²) < 4.78 is 56.9. The predicted molar refractivity (Wildman–Crippen MR) is 137 cm³/mol. The van der Waals surface area contributed by atoms with Gasteiger partial charge in [-0.15, -0.1) is 0 Å². The number of nitrogens with one attached hydrogen (secondary N) is 1. The summed E-state index contributed by atoms with van der Waals surface area (Å²) in [6.07, 6.45) is -1.25. The number of rotatable bonds is 5. The van der Waals surface area contributed by atoms with E-state index in [4.69, 9.17) is 14.2 Å². The quantitative estimate of drug-likeness (QED) is 0.495. The van der Waals surface area contributed by atoms with Gasteiger partial charge in [0, 0.05) is 24.7 Å². The number of hydrogen-bond acceptors (Lipinski definition) is 9. The number of urea groups is 1. The van der Waals surface area contributed by atoms with E-state index in [1.165, 1.54) is 29.4 Å². The van der Waals surface area contributed by atoms with E-state index in [0.717, 1.165) is 12.1 Å². The molecule has 3 aliphatic heterocycles. The zero-order valence-electron chi connectivity index (χ0n) is 21.7. The van der Waals surface area contributed by atoms with Gasteiger partial charge in [0.2, 0.25) is 5.88 Å². The van der Waals surface area contributed by atoms with E-state index in [2.05, 4.69) is 30.2 Å². The van der Waals surface area contributed by atoms with Gasteiger partial charge in [-0.3, -0.25) is 10.2 Å². The standard InChI is InChI=1S/C26H26F3N7O4/c1-25(2)39-13-18(40-25)12-38-21-9-20(31-14-32-21)33-24(37)36-17-6-7-35(11-17)19-10-30-22(34-23(19)36)15-4-3-5-16(8-15)26(27,28)29/h3-5,8-10,14,17-18H,6-7,11-13H2,1-2H3,(H,31,32,33,37)/t17-,18-/m0/s1.